The molecule has 0 amide bonds. The summed E-state index contributed by atoms with van der Waals surface area (Å²) in [7, 11) is 0. The lowest BCUT2D eigenvalue weighted by molar-refractivity contribution is -0.0353. The van der Waals surface area contributed by atoms with Crippen LogP contribution < -0.4 is 0 Å². The molecule has 0 saturated carbocycles. The van der Waals surface area contributed by atoms with Gasteiger partial charge in [-0.05, 0) is 33.1 Å². The van der Waals surface area contributed by atoms with E-state index in [-0.39, 0.29) is 5.60 Å². The fourth-order valence-corrected chi connectivity index (χ4v) is 2.76. The zero-order chi connectivity index (χ0) is 12.7. The molecule has 0 aromatic rings. The maximum atomic E-state index is 10.5. The molecule has 1 fully saturated rings. The van der Waals surface area contributed by atoms with E-state index in [1.54, 1.807) is 0 Å². The average Bonchev–Trinajstić information content (AvgIpc) is 2.29. The Hall–Kier alpha value is -0.0800. The van der Waals surface area contributed by atoms with Gasteiger partial charge >= 0.3 is 0 Å². The van der Waals surface area contributed by atoms with Gasteiger partial charge in [-0.25, -0.2) is 0 Å². The van der Waals surface area contributed by atoms with Crippen LogP contribution in [0.15, 0.2) is 0 Å². The van der Waals surface area contributed by atoms with Gasteiger partial charge in [-0.3, -0.25) is 0 Å². The van der Waals surface area contributed by atoms with Gasteiger partial charge in [0, 0.05) is 19.1 Å². The van der Waals surface area contributed by atoms with Crippen molar-refractivity contribution >= 4 is 0 Å². The van der Waals surface area contributed by atoms with E-state index >= 15 is 0 Å². The second-order valence-electron chi connectivity index (χ2n) is 6.02. The van der Waals surface area contributed by atoms with Crippen molar-refractivity contribution in [3.63, 3.8) is 0 Å². The third-order valence-electron chi connectivity index (χ3n) is 4.20. The maximum absolute atomic E-state index is 10.5. The number of unbranched alkanes of at least 4 members (excludes halogenated alkanes) is 4. The van der Waals surface area contributed by atoms with E-state index in [1.165, 1.54) is 32.1 Å². The molecule has 0 radical (unpaired) electrons. The predicted octanol–water partition coefficient (Wildman–Crippen LogP) is 3.58. The second kappa shape index (κ2) is 7.38. The molecule has 1 N–H and O–H groups in total. The molecule has 0 aromatic heterocycles. The molecule has 0 aliphatic carbocycles. The Morgan fingerprint density at radius 1 is 1.06 bits per heavy atom. The predicted molar refractivity (Wildman–Crippen MR) is 74.3 cm³/mol. The van der Waals surface area contributed by atoms with E-state index in [0.29, 0.717) is 6.04 Å². The lowest BCUT2D eigenvalue weighted by Gasteiger charge is -2.40. The van der Waals surface area contributed by atoms with Gasteiger partial charge in [-0.2, -0.15) is 0 Å². The van der Waals surface area contributed by atoms with Crippen LogP contribution in [0.4, 0.5) is 0 Å². The maximum Gasteiger partial charge on any atom is 0.0672 e. The topological polar surface area (TPSA) is 23.5 Å². The number of rotatable bonds is 7. The van der Waals surface area contributed by atoms with Crippen molar-refractivity contribution in [1.29, 1.82) is 0 Å². The van der Waals surface area contributed by atoms with Crippen molar-refractivity contribution < 1.29 is 5.11 Å². The van der Waals surface area contributed by atoms with Gasteiger partial charge in [0.2, 0.25) is 0 Å². The highest BCUT2D eigenvalue weighted by Gasteiger charge is 2.32. The Kier molecular flexibility index (Phi) is 6.50. The van der Waals surface area contributed by atoms with Crippen molar-refractivity contribution in [2.75, 3.05) is 13.1 Å². The molecular weight excluding hydrogens is 210 g/mol. The minimum absolute atomic E-state index is 0.350. The van der Waals surface area contributed by atoms with Crippen LogP contribution in [-0.2, 0) is 0 Å². The summed E-state index contributed by atoms with van der Waals surface area (Å²) in [6.07, 6.45) is 9.45. The number of likely N-dealkylation sites (tertiary alicyclic amines) is 1. The summed E-state index contributed by atoms with van der Waals surface area (Å²) >= 11 is 0. The normalized spacial score (nSPS) is 21.0. The van der Waals surface area contributed by atoms with Crippen LogP contribution >= 0.6 is 0 Å². The molecule has 0 aromatic carbocycles. The summed E-state index contributed by atoms with van der Waals surface area (Å²) in [5.41, 5.74) is -0.350. The first-order valence-electron chi connectivity index (χ1n) is 7.54. The third-order valence-corrected chi connectivity index (χ3v) is 4.20. The molecule has 1 saturated heterocycles. The minimum Gasteiger partial charge on any atom is -0.390 e. The number of aliphatic hydroxyl groups is 1. The molecule has 1 heterocycles. The molecule has 1 rings (SSSR count). The summed E-state index contributed by atoms with van der Waals surface area (Å²) in [4.78, 5) is 2.48. The molecular formula is C15H31NO. The van der Waals surface area contributed by atoms with Gasteiger partial charge in [0.05, 0.1) is 5.60 Å². The molecule has 0 bridgehead atoms. The zero-order valence-corrected chi connectivity index (χ0v) is 12.0. The summed E-state index contributed by atoms with van der Waals surface area (Å²) < 4.78 is 0. The Morgan fingerprint density at radius 2 is 1.65 bits per heavy atom. The van der Waals surface area contributed by atoms with E-state index in [0.717, 1.165) is 32.4 Å². The molecule has 0 spiro atoms. The molecule has 1 aliphatic rings. The van der Waals surface area contributed by atoms with E-state index in [2.05, 4.69) is 25.7 Å². The number of piperidine rings is 1. The summed E-state index contributed by atoms with van der Waals surface area (Å²) in [5.74, 6) is 0. The zero-order valence-electron chi connectivity index (χ0n) is 12.0. The van der Waals surface area contributed by atoms with Crippen LogP contribution in [0, 0.1) is 0 Å². The summed E-state index contributed by atoms with van der Waals surface area (Å²) in [5, 5.41) is 10.5. The third kappa shape index (κ3) is 5.39. The van der Waals surface area contributed by atoms with Crippen LogP contribution in [0.5, 0.6) is 0 Å². The van der Waals surface area contributed by atoms with Crippen LogP contribution in [0.25, 0.3) is 0 Å². The van der Waals surface area contributed by atoms with Gasteiger partial charge in [0.25, 0.3) is 0 Å². The fourth-order valence-electron chi connectivity index (χ4n) is 2.76. The highest BCUT2D eigenvalue weighted by Crippen LogP contribution is 2.28. The van der Waals surface area contributed by atoms with E-state index in [4.69, 9.17) is 0 Å². The average molecular weight is 241 g/mol. The van der Waals surface area contributed by atoms with Crippen molar-refractivity contribution in [2.24, 2.45) is 0 Å². The standard InChI is InChI=1S/C15H31NO/c1-4-5-6-7-8-9-15(17)10-12-16(13-11-15)14(2)3/h14,17H,4-13H2,1-3H3. The summed E-state index contributed by atoms with van der Waals surface area (Å²) in [6, 6.07) is 0.629. The lowest BCUT2D eigenvalue weighted by atomic mass is 9.86. The molecule has 102 valence electrons. The highest BCUT2D eigenvalue weighted by molar-refractivity contribution is 4.86. The van der Waals surface area contributed by atoms with Gasteiger partial charge in [-0.15, -0.1) is 0 Å². The fraction of sp³-hybridized carbons (Fsp3) is 1.00. The first kappa shape index (κ1) is 15.0. The van der Waals surface area contributed by atoms with E-state index in [1.807, 2.05) is 0 Å². The first-order valence-corrected chi connectivity index (χ1v) is 7.54. The van der Waals surface area contributed by atoms with E-state index < -0.39 is 0 Å². The molecule has 1 aliphatic heterocycles. The Labute approximate surface area is 107 Å². The second-order valence-corrected chi connectivity index (χ2v) is 6.02. The molecule has 0 atom stereocenters. The number of nitrogens with zero attached hydrogens (tertiary/aromatic N) is 1. The van der Waals surface area contributed by atoms with Crippen molar-refractivity contribution in [1.82, 2.24) is 4.90 Å². The van der Waals surface area contributed by atoms with Gasteiger partial charge in [-0.1, -0.05) is 39.0 Å². The minimum atomic E-state index is -0.350. The SMILES string of the molecule is CCCCCCCC1(O)CCN(C(C)C)CC1. The first-order chi connectivity index (χ1) is 8.07. The van der Waals surface area contributed by atoms with E-state index in [9.17, 15) is 5.11 Å². The molecule has 17 heavy (non-hydrogen) atoms. The highest BCUT2D eigenvalue weighted by atomic mass is 16.3. The smallest absolute Gasteiger partial charge is 0.0672 e. The summed E-state index contributed by atoms with van der Waals surface area (Å²) in [6.45, 7) is 8.88. The van der Waals surface area contributed by atoms with Gasteiger partial charge in [0.15, 0.2) is 0 Å². The number of hydrogen-bond acceptors (Lipinski definition) is 2. The Balaban J connectivity index is 2.16. The van der Waals surface area contributed by atoms with Crippen LogP contribution in [-0.4, -0.2) is 34.7 Å². The van der Waals surface area contributed by atoms with Crippen LogP contribution in [0.3, 0.4) is 0 Å². The monoisotopic (exact) mass is 241 g/mol. The largest absolute Gasteiger partial charge is 0.390 e. The van der Waals surface area contributed by atoms with Gasteiger partial charge in [0.1, 0.15) is 0 Å². The van der Waals surface area contributed by atoms with Crippen molar-refractivity contribution in [3.05, 3.63) is 0 Å². The molecule has 2 nitrogen and oxygen atoms in total. The molecule has 0 unspecified atom stereocenters. The van der Waals surface area contributed by atoms with Crippen molar-refractivity contribution in [3.8, 4) is 0 Å². The molecule has 2 heteroatoms. The van der Waals surface area contributed by atoms with Gasteiger partial charge < -0.3 is 10.0 Å². The lowest BCUT2D eigenvalue weighted by Crippen LogP contribution is -2.46. The van der Waals surface area contributed by atoms with Crippen LogP contribution in [0.2, 0.25) is 0 Å². The van der Waals surface area contributed by atoms with Crippen molar-refractivity contribution in [2.45, 2.75) is 83.8 Å². The Bertz CT molecular complexity index is 195. The van der Waals surface area contributed by atoms with Crippen LogP contribution in [0.1, 0.15) is 72.1 Å². The quantitative estimate of drug-likeness (QED) is 0.689. The Morgan fingerprint density at radius 3 is 2.18 bits per heavy atom. The number of hydrogen-bond donors (Lipinski definition) is 1.